The van der Waals surface area contributed by atoms with Crippen LogP contribution in [0.2, 0.25) is 0 Å². The van der Waals surface area contributed by atoms with Crippen molar-refractivity contribution in [2.75, 3.05) is 7.11 Å². The van der Waals surface area contributed by atoms with Crippen LogP contribution in [0.3, 0.4) is 0 Å². The van der Waals surface area contributed by atoms with Gasteiger partial charge >= 0.3 is 5.97 Å². The molecule has 0 saturated heterocycles. The lowest BCUT2D eigenvalue weighted by Gasteiger charge is -2.14. The van der Waals surface area contributed by atoms with Gasteiger partial charge in [0.25, 0.3) is 0 Å². The fourth-order valence-electron chi connectivity index (χ4n) is 1.45. The number of hydrogen-bond acceptors (Lipinski definition) is 3. The first-order valence-electron chi connectivity index (χ1n) is 4.48. The Balaban J connectivity index is 3.60. The summed E-state index contributed by atoms with van der Waals surface area (Å²) in [5.41, 5.74) is 2.57. The van der Waals surface area contributed by atoms with Crippen LogP contribution in [0.5, 0.6) is 5.75 Å². The molecule has 82 valence electrons. The predicted octanol–water partition coefficient (Wildman–Crippen LogP) is 2.87. The van der Waals surface area contributed by atoms with Gasteiger partial charge in [-0.05, 0) is 47.8 Å². The lowest BCUT2D eigenvalue weighted by Crippen LogP contribution is -2.07. The SMILES string of the molecule is COC(=O)c1c(C)c(C)c(O)c(C)c1Br. The number of aromatic hydroxyl groups is 1. The van der Waals surface area contributed by atoms with Crippen molar-refractivity contribution < 1.29 is 14.6 Å². The monoisotopic (exact) mass is 272 g/mol. The van der Waals surface area contributed by atoms with E-state index in [1.807, 2.05) is 0 Å². The molecule has 1 aromatic rings. The van der Waals surface area contributed by atoms with Crippen LogP contribution in [0.25, 0.3) is 0 Å². The minimum atomic E-state index is -0.398. The summed E-state index contributed by atoms with van der Waals surface area (Å²) in [5.74, 6) is -0.183. The van der Waals surface area contributed by atoms with E-state index in [1.165, 1.54) is 7.11 Å². The van der Waals surface area contributed by atoms with Crippen molar-refractivity contribution in [3.05, 3.63) is 26.7 Å². The maximum absolute atomic E-state index is 11.5. The molecule has 0 fully saturated rings. The molecule has 0 radical (unpaired) electrons. The van der Waals surface area contributed by atoms with Gasteiger partial charge in [-0.25, -0.2) is 4.79 Å². The van der Waals surface area contributed by atoms with Crippen molar-refractivity contribution in [2.45, 2.75) is 20.8 Å². The molecule has 1 aromatic carbocycles. The smallest absolute Gasteiger partial charge is 0.339 e. The molecule has 15 heavy (non-hydrogen) atoms. The Hall–Kier alpha value is -1.03. The Morgan fingerprint density at radius 2 is 1.73 bits per heavy atom. The number of rotatable bonds is 1. The summed E-state index contributed by atoms with van der Waals surface area (Å²) in [6, 6.07) is 0. The summed E-state index contributed by atoms with van der Waals surface area (Å²) in [6.45, 7) is 5.31. The Bertz CT molecular complexity index is 395. The number of phenolic OH excluding ortho intramolecular Hbond substituents is 1. The lowest BCUT2D eigenvalue weighted by atomic mass is 9.99. The third-order valence-corrected chi connectivity index (χ3v) is 3.58. The summed E-state index contributed by atoms with van der Waals surface area (Å²) in [7, 11) is 1.34. The highest BCUT2D eigenvalue weighted by Crippen LogP contribution is 2.35. The number of benzene rings is 1. The van der Waals surface area contributed by atoms with Gasteiger partial charge in [0.2, 0.25) is 0 Å². The van der Waals surface area contributed by atoms with Crippen molar-refractivity contribution in [1.82, 2.24) is 0 Å². The van der Waals surface area contributed by atoms with Crippen LogP contribution in [-0.2, 0) is 4.74 Å². The highest BCUT2D eigenvalue weighted by Gasteiger charge is 2.20. The Labute approximate surface area is 97.2 Å². The number of esters is 1. The molecule has 0 saturated carbocycles. The standard InChI is InChI=1S/C11H13BrO3/c1-5-6(2)10(13)7(3)9(12)8(5)11(14)15-4/h13H,1-4H3. The van der Waals surface area contributed by atoms with Gasteiger partial charge in [-0.2, -0.15) is 0 Å². The number of ether oxygens (including phenoxy) is 1. The molecule has 1 N–H and O–H groups in total. The van der Waals surface area contributed by atoms with E-state index in [-0.39, 0.29) is 5.75 Å². The maximum atomic E-state index is 11.5. The minimum absolute atomic E-state index is 0.215. The molecule has 0 bridgehead atoms. The van der Waals surface area contributed by atoms with Crippen molar-refractivity contribution in [3.63, 3.8) is 0 Å². The van der Waals surface area contributed by atoms with Crippen LogP contribution in [0.4, 0.5) is 0 Å². The summed E-state index contributed by atoms with van der Waals surface area (Å²) in [6.07, 6.45) is 0. The molecule has 0 amide bonds. The van der Waals surface area contributed by atoms with E-state index >= 15 is 0 Å². The molecule has 0 aliphatic rings. The molecule has 3 nitrogen and oxygen atoms in total. The average Bonchev–Trinajstić information content (AvgIpc) is 2.23. The van der Waals surface area contributed by atoms with E-state index in [0.717, 1.165) is 5.56 Å². The van der Waals surface area contributed by atoms with Gasteiger partial charge in [-0.1, -0.05) is 0 Å². The number of phenols is 1. The van der Waals surface area contributed by atoms with Gasteiger partial charge in [0, 0.05) is 10.0 Å². The fraction of sp³-hybridized carbons (Fsp3) is 0.364. The molecular formula is C11H13BrO3. The van der Waals surface area contributed by atoms with E-state index in [2.05, 4.69) is 15.9 Å². The molecule has 0 aromatic heterocycles. The molecule has 0 unspecified atom stereocenters. The zero-order chi connectivity index (χ0) is 11.7. The van der Waals surface area contributed by atoms with E-state index in [0.29, 0.717) is 21.2 Å². The predicted molar refractivity (Wildman–Crippen MR) is 61.4 cm³/mol. The second kappa shape index (κ2) is 4.23. The average molecular weight is 273 g/mol. The number of carbonyl (C=O) groups excluding carboxylic acids is 1. The van der Waals surface area contributed by atoms with Gasteiger partial charge in [0.15, 0.2) is 0 Å². The second-order valence-electron chi connectivity index (χ2n) is 3.40. The Morgan fingerprint density at radius 3 is 2.20 bits per heavy atom. The molecule has 0 spiro atoms. The van der Waals surface area contributed by atoms with Crippen LogP contribution in [0.1, 0.15) is 27.0 Å². The van der Waals surface area contributed by atoms with E-state index in [4.69, 9.17) is 4.74 Å². The summed E-state index contributed by atoms with van der Waals surface area (Å²) in [4.78, 5) is 11.5. The molecule has 0 aliphatic carbocycles. The highest BCUT2D eigenvalue weighted by atomic mass is 79.9. The largest absolute Gasteiger partial charge is 0.507 e. The Kier molecular flexibility index (Phi) is 3.39. The third-order valence-electron chi connectivity index (χ3n) is 2.59. The normalized spacial score (nSPS) is 10.2. The van der Waals surface area contributed by atoms with Crippen LogP contribution in [0.15, 0.2) is 4.47 Å². The molecule has 0 heterocycles. The first-order chi connectivity index (χ1) is 6.91. The fourth-order valence-corrected chi connectivity index (χ4v) is 2.09. The second-order valence-corrected chi connectivity index (χ2v) is 4.20. The van der Waals surface area contributed by atoms with Gasteiger partial charge in [-0.3, -0.25) is 0 Å². The number of carbonyl (C=O) groups is 1. The van der Waals surface area contributed by atoms with Crippen LogP contribution < -0.4 is 0 Å². The van der Waals surface area contributed by atoms with Gasteiger partial charge in [-0.15, -0.1) is 0 Å². The van der Waals surface area contributed by atoms with Crippen molar-refractivity contribution in [2.24, 2.45) is 0 Å². The first kappa shape index (κ1) is 12.0. The summed E-state index contributed by atoms with van der Waals surface area (Å²) < 4.78 is 5.29. The Morgan fingerprint density at radius 1 is 1.20 bits per heavy atom. The summed E-state index contributed by atoms with van der Waals surface area (Å²) in [5, 5.41) is 9.76. The highest BCUT2D eigenvalue weighted by molar-refractivity contribution is 9.10. The van der Waals surface area contributed by atoms with Crippen LogP contribution in [0, 0.1) is 20.8 Å². The van der Waals surface area contributed by atoms with Gasteiger partial charge in [0.1, 0.15) is 5.75 Å². The van der Waals surface area contributed by atoms with Gasteiger partial charge in [0.05, 0.1) is 12.7 Å². The first-order valence-corrected chi connectivity index (χ1v) is 5.27. The topological polar surface area (TPSA) is 46.5 Å². The molecule has 1 rings (SSSR count). The number of hydrogen-bond donors (Lipinski definition) is 1. The molecular weight excluding hydrogens is 260 g/mol. The zero-order valence-electron chi connectivity index (χ0n) is 9.14. The zero-order valence-corrected chi connectivity index (χ0v) is 10.7. The molecule has 0 aliphatic heterocycles. The van der Waals surface area contributed by atoms with E-state index < -0.39 is 5.97 Å². The van der Waals surface area contributed by atoms with Crippen LogP contribution >= 0.6 is 15.9 Å². The van der Waals surface area contributed by atoms with E-state index in [1.54, 1.807) is 20.8 Å². The summed E-state index contributed by atoms with van der Waals surface area (Å²) >= 11 is 3.30. The number of halogens is 1. The van der Waals surface area contributed by atoms with Crippen molar-refractivity contribution >= 4 is 21.9 Å². The molecule has 0 atom stereocenters. The minimum Gasteiger partial charge on any atom is -0.507 e. The van der Waals surface area contributed by atoms with E-state index in [9.17, 15) is 9.90 Å². The molecule has 4 heteroatoms. The quantitative estimate of drug-likeness (QED) is 0.800. The van der Waals surface area contributed by atoms with Gasteiger partial charge < -0.3 is 9.84 Å². The van der Waals surface area contributed by atoms with Crippen molar-refractivity contribution in [3.8, 4) is 5.75 Å². The number of methoxy groups -OCH3 is 1. The lowest BCUT2D eigenvalue weighted by molar-refractivity contribution is 0.0598. The third kappa shape index (κ3) is 1.86. The maximum Gasteiger partial charge on any atom is 0.339 e. The van der Waals surface area contributed by atoms with Crippen molar-refractivity contribution in [1.29, 1.82) is 0 Å². The van der Waals surface area contributed by atoms with Crippen LogP contribution in [-0.4, -0.2) is 18.2 Å².